The highest BCUT2D eigenvalue weighted by Gasteiger charge is 2.40. The number of fused-ring (bicyclic) bond motifs is 2. The van der Waals surface area contributed by atoms with Gasteiger partial charge in [-0.3, -0.25) is 4.90 Å². The molecule has 0 spiro atoms. The number of hydrogen-bond acceptors (Lipinski definition) is 3. The summed E-state index contributed by atoms with van der Waals surface area (Å²) in [5.41, 5.74) is 0. The maximum atomic E-state index is 9.58. The maximum Gasteiger partial charge on any atom is 0.0802 e. The molecule has 2 N–H and O–H groups in total. The molecule has 0 aromatic carbocycles. The van der Waals surface area contributed by atoms with Gasteiger partial charge in [-0.15, -0.1) is 11.6 Å². The largest absolute Gasteiger partial charge is 0.393 e. The Morgan fingerprint density at radius 2 is 1.86 bits per heavy atom. The molecule has 4 heteroatoms. The number of alkyl halides is 1. The molecule has 2 rings (SSSR count). The zero-order chi connectivity index (χ0) is 10.1. The van der Waals surface area contributed by atoms with E-state index in [0.29, 0.717) is 24.5 Å². The molecule has 3 unspecified atom stereocenters. The van der Waals surface area contributed by atoms with E-state index in [-0.39, 0.29) is 6.10 Å². The lowest BCUT2D eigenvalue weighted by atomic mass is 9.99. The van der Waals surface area contributed by atoms with Crippen molar-refractivity contribution in [1.82, 2.24) is 4.90 Å². The number of piperidine rings is 1. The van der Waals surface area contributed by atoms with Crippen molar-refractivity contribution in [2.75, 3.05) is 12.4 Å². The molecule has 2 bridgehead atoms. The lowest BCUT2D eigenvalue weighted by Gasteiger charge is -2.37. The quantitative estimate of drug-likeness (QED) is 0.683. The van der Waals surface area contributed by atoms with Crippen LogP contribution >= 0.6 is 11.6 Å². The number of nitrogens with zero attached hydrogens (tertiary/aromatic N) is 1. The highest BCUT2D eigenvalue weighted by atomic mass is 35.5. The molecule has 0 amide bonds. The van der Waals surface area contributed by atoms with Crippen LogP contribution in [0.1, 0.15) is 25.7 Å². The minimum absolute atomic E-state index is 0.128. The van der Waals surface area contributed by atoms with Gasteiger partial charge in [0.25, 0.3) is 0 Å². The fraction of sp³-hybridized carbons (Fsp3) is 1.00. The Morgan fingerprint density at radius 1 is 1.29 bits per heavy atom. The molecule has 2 aliphatic heterocycles. The summed E-state index contributed by atoms with van der Waals surface area (Å²) in [6.07, 6.45) is 3.51. The van der Waals surface area contributed by atoms with Crippen LogP contribution in [0.3, 0.4) is 0 Å². The summed E-state index contributed by atoms with van der Waals surface area (Å²) < 4.78 is 0. The van der Waals surface area contributed by atoms with E-state index in [4.69, 9.17) is 11.6 Å². The second kappa shape index (κ2) is 4.35. The highest BCUT2D eigenvalue weighted by Crippen LogP contribution is 2.35. The standard InChI is InChI=1S/C10H18ClNO2/c11-5-10(14)6-12-7-1-2-8(12)4-9(13)3-7/h7-10,13-14H,1-6H2. The summed E-state index contributed by atoms with van der Waals surface area (Å²) in [5, 5.41) is 19.1. The average Bonchev–Trinajstić information content (AvgIpc) is 2.41. The molecule has 3 nitrogen and oxygen atoms in total. The van der Waals surface area contributed by atoms with E-state index in [2.05, 4.69) is 4.90 Å². The topological polar surface area (TPSA) is 43.7 Å². The number of rotatable bonds is 3. The first-order chi connectivity index (χ1) is 6.70. The lowest BCUT2D eigenvalue weighted by Crippen LogP contribution is -2.48. The fourth-order valence-electron chi connectivity index (χ4n) is 2.84. The molecule has 82 valence electrons. The van der Waals surface area contributed by atoms with Gasteiger partial charge < -0.3 is 10.2 Å². The Bertz CT molecular complexity index is 189. The monoisotopic (exact) mass is 219 g/mol. The first-order valence-electron chi connectivity index (χ1n) is 5.38. The fourth-order valence-corrected chi connectivity index (χ4v) is 2.93. The Morgan fingerprint density at radius 3 is 2.36 bits per heavy atom. The van der Waals surface area contributed by atoms with Crippen LogP contribution in [-0.2, 0) is 0 Å². The summed E-state index contributed by atoms with van der Waals surface area (Å²) in [7, 11) is 0. The van der Waals surface area contributed by atoms with Crippen LogP contribution in [-0.4, -0.2) is 51.8 Å². The van der Waals surface area contributed by atoms with Gasteiger partial charge in [0.05, 0.1) is 12.2 Å². The maximum absolute atomic E-state index is 9.58. The smallest absolute Gasteiger partial charge is 0.0802 e. The predicted molar refractivity (Wildman–Crippen MR) is 55.5 cm³/mol. The predicted octanol–water partition coefficient (Wildman–Crippen LogP) is 0.574. The Balaban J connectivity index is 1.94. The Labute approximate surface area is 89.7 Å². The zero-order valence-corrected chi connectivity index (χ0v) is 9.03. The molecule has 0 saturated carbocycles. The Hall–Kier alpha value is 0.170. The highest BCUT2D eigenvalue weighted by molar-refractivity contribution is 6.18. The molecule has 2 saturated heterocycles. The van der Waals surface area contributed by atoms with Crippen LogP contribution in [0.15, 0.2) is 0 Å². The van der Waals surface area contributed by atoms with Crippen molar-refractivity contribution in [3.63, 3.8) is 0 Å². The third kappa shape index (κ3) is 2.06. The molecule has 2 aliphatic rings. The lowest BCUT2D eigenvalue weighted by molar-refractivity contribution is 0.0128. The molecule has 0 aliphatic carbocycles. The first kappa shape index (κ1) is 10.7. The molecule has 14 heavy (non-hydrogen) atoms. The summed E-state index contributed by atoms with van der Waals surface area (Å²) in [4.78, 5) is 2.33. The van der Waals surface area contributed by atoms with E-state index in [1.165, 1.54) is 0 Å². The van der Waals surface area contributed by atoms with Crippen molar-refractivity contribution in [2.45, 2.75) is 50.0 Å². The number of aliphatic hydroxyl groups is 2. The number of hydrogen-bond donors (Lipinski definition) is 2. The van der Waals surface area contributed by atoms with E-state index in [1.807, 2.05) is 0 Å². The van der Waals surface area contributed by atoms with Gasteiger partial charge >= 0.3 is 0 Å². The van der Waals surface area contributed by atoms with Crippen molar-refractivity contribution in [3.8, 4) is 0 Å². The molecular formula is C10H18ClNO2. The normalized spacial score (nSPS) is 40.1. The van der Waals surface area contributed by atoms with Gasteiger partial charge in [-0.2, -0.15) is 0 Å². The molecular weight excluding hydrogens is 202 g/mol. The van der Waals surface area contributed by atoms with Gasteiger partial charge in [0.1, 0.15) is 0 Å². The minimum atomic E-state index is -0.421. The van der Waals surface area contributed by atoms with Crippen LogP contribution in [0.2, 0.25) is 0 Å². The third-order valence-electron chi connectivity index (χ3n) is 3.46. The van der Waals surface area contributed by atoms with E-state index < -0.39 is 6.10 Å². The van der Waals surface area contributed by atoms with Crippen LogP contribution < -0.4 is 0 Å². The van der Waals surface area contributed by atoms with Crippen LogP contribution in [0, 0.1) is 0 Å². The van der Waals surface area contributed by atoms with E-state index in [9.17, 15) is 10.2 Å². The average molecular weight is 220 g/mol. The molecule has 0 aromatic rings. The molecule has 2 fully saturated rings. The molecule has 0 radical (unpaired) electrons. The SMILES string of the molecule is OC1CC2CCC(C1)N2CC(O)CCl. The minimum Gasteiger partial charge on any atom is -0.393 e. The van der Waals surface area contributed by atoms with Gasteiger partial charge in [0.2, 0.25) is 0 Å². The summed E-state index contributed by atoms with van der Waals surface area (Å²) >= 11 is 5.59. The second-order valence-corrected chi connectivity index (χ2v) is 4.82. The second-order valence-electron chi connectivity index (χ2n) is 4.52. The van der Waals surface area contributed by atoms with E-state index in [0.717, 1.165) is 25.7 Å². The van der Waals surface area contributed by atoms with Crippen LogP contribution in [0.4, 0.5) is 0 Å². The molecule has 0 aromatic heterocycles. The molecule has 2 heterocycles. The van der Waals surface area contributed by atoms with Gasteiger partial charge in [0.15, 0.2) is 0 Å². The van der Waals surface area contributed by atoms with Crippen molar-refractivity contribution in [2.24, 2.45) is 0 Å². The molecule has 3 atom stereocenters. The van der Waals surface area contributed by atoms with Crippen molar-refractivity contribution in [3.05, 3.63) is 0 Å². The zero-order valence-electron chi connectivity index (χ0n) is 8.27. The van der Waals surface area contributed by atoms with Crippen LogP contribution in [0.25, 0.3) is 0 Å². The van der Waals surface area contributed by atoms with E-state index in [1.54, 1.807) is 0 Å². The number of aliphatic hydroxyl groups excluding tert-OH is 2. The van der Waals surface area contributed by atoms with Crippen molar-refractivity contribution in [1.29, 1.82) is 0 Å². The summed E-state index contributed by atoms with van der Waals surface area (Å²) in [6.45, 7) is 0.672. The van der Waals surface area contributed by atoms with Gasteiger partial charge in [-0.05, 0) is 25.7 Å². The summed E-state index contributed by atoms with van der Waals surface area (Å²) in [6, 6.07) is 0.947. The van der Waals surface area contributed by atoms with Crippen molar-refractivity contribution < 1.29 is 10.2 Å². The number of halogens is 1. The van der Waals surface area contributed by atoms with Crippen LogP contribution in [0.5, 0.6) is 0 Å². The third-order valence-corrected chi connectivity index (χ3v) is 3.82. The Kier molecular flexibility index (Phi) is 3.32. The van der Waals surface area contributed by atoms with Crippen molar-refractivity contribution >= 4 is 11.6 Å². The van der Waals surface area contributed by atoms with Gasteiger partial charge in [-0.25, -0.2) is 0 Å². The first-order valence-corrected chi connectivity index (χ1v) is 5.92. The summed E-state index contributed by atoms with van der Waals surface area (Å²) in [5.74, 6) is 0.304. The van der Waals surface area contributed by atoms with Gasteiger partial charge in [-0.1, -0.05) is 0 Å². The van der Waals surface area contributed by atoms with Gasteiger partial charge in [0, 0.05) is 24.5 Å². The van der Waals surface area contributed by atoms with E-state index >= 15 is 0 Å².